The van der Waals surface area contributed by atoms with Crippen LogP contribution in [-0.4, -0.2) is 32.0 Å². The molecule has 0 saturated heterocycles. The summed E-state index contributed by atoms with van der Waals surface area (Å²) >= 11 is 0. The average Bonchev–Trinajstić information content (AvgIpc) is 3.35. The molecule has 9 heteroatoms. The van der Waals surface area contributed by atoms with Gasteiger partial charge in [0.25, 0.3) is 0 Å². The van der Waals surface area contributed by atoms with Crippen LogP contribution in [0.3, 0.4) is 0 Å². The Morgan fingerprint density at radius 2 is 1.87 bits per heavy atom. The van der Waals surface area contributed by atoms with Crippen molar-refractivity contribution in [3.63, 3.8) is 0 Å². The van der Waals surface area contributed by atoms with Crippen molar-refractivity contribution in [3.8, 4) is 22.8 Å². The second kappa shape index (κ2) is 7.83. The van der Waals surface area contributed by atoms with Gasteiger partial charge in [0.05, 0.1) is 16.3 Å². The van der Waals surface area contributed by atoms with Crippen LogP contribution in [0.4, 0.5) is 5.69 Å². The van der Waals surface area contributed by atoms with Crippen LogP contribution in [0.25, 0.3) is 11.3 Å². The summed E-state index contributed by atoms with van der Waals surface area (Å²) in [5.74, 6) is 0.911. The van der Waals surface area contributed by atoms with Crippen LogP contribution in [0.5, 0.6) is 11.5 Å². The van der Waals surface area contributed by atoms with Crippen LogP contribution < -0.4 is 14.8 Å². The summed E-state index contributed by atoms with van der Waals surface area (Å²) < 4.78 is 41.5. The molecule has 2 heterocycles. The van der Waals surface area contributed by atoms with Gasteiger partial charge in [-0.25, -0.2) is 8.42 Å². The molecule has 8 nitrogen and oxygen atoms in total. The third-order valence-corrected chi connectivity index (χ3v) is 6.54. The Hall–Kier alpha value is -3.33. The lowest BCUT2D eigenvalue weighted by molar-refractivity contribution is -0.115. The number of nitrogens with one attached hydrogen (secondary N) is 1. The molecule has 0 aliphatic carbocycles. The molecule has 0 bridgehead atoms. The van der Waals surface area contributed by atoms with E-state index in [1.54, 1.807) is 56.3 Å². The summed E-state index contributed by atoms with van der Waals surface area (Å²) in [6, 6.07) is 11.8. The van der Waals surface area contributed by atoms with Crippen molar-refractivity contribution < 1.29 is 27.2 Å². The zero-order chi connectivity index (χ0) is 21.3. The normalized spacial score (nSPS) is 12.7. The maximum atomic E-state index is 12.9. The molecular formula is C21H20N2O6S. The Balaban J connectivity index is 1.46. The number of fused-ring (bicyclic) bond motifs is 1. The van der Waals surface area contributed by atoms with E-state index in [1.807, 2.05) is 0 Å². The predicted molar refractivity (Wildman–Crippen MR) is 109 cm³/mol. The first kappa shape index (κ1) is 20.0. The topological polar surface area (TPSA) is 108 Å². The van der Waals surface area contributed by atoms with Gasteiger partial charge in [-0.3, -0.25) is 4.79 Å². The summed E-state index contributed by atoms with van der Waals surface area (Å²) in [5.41, 5.74) is 2.44. The lowest BCUT2D eigenvalue weighted by Crippen LogP contribution is -2.18. The van der Waals surface area contributed by atoms with Gasteiger partial charge in [-0.1, -0.05) is 17.3 Å². The SMILES string of the molecule is Cc1cc(-c2ccc(C)c(S(=O)(=O)CCC(=O)Nc3ccc4c(c3)OCO4)c2)on1. The molecule has 4 rings (SSSR count). The first-order valence-electron chi connectivity index (χ1n) is 9.28. The highest BCUT2D eigenvalue weighted by Gasteiger charge is 2.21. The molecule has 156 valence electrons. The molecule has 1 amide bonds. The zero-order valence-corrected chi connectivity index (χ0v) is 17.3. The lowest BCUT2D eigenvalue weighted by atomic mass is 10.1. The molecule has 0 spiro atoms. The van der Waals surface area contributed by atoms with E-state index >= 15 is 0 Å². The van der Waals surface area contributed by atoms with Crippen LogP contribution in [0, 0.1) is 13.8 Å². The molecule has 3 aromatic rings. The highest BCUT2D eigenvalue weighted by Crippen LogP contribution is 2.34. The predicted octanol–water partition coefficient (Wildman–Crippen LogP) is 3.49. The number of ether oxygens (including phenoxy) is 2. The maximum Gasteiger partial charge on any atom is 0.231 e. The summed E-state index contributed by atoms with van der Waals surface area (Å²) in [6.45, 7) is 3.64. The number of hydrogen-bond donors (Lipinski definition) is 1. The van der Waals surface area contributed by atoms with Crippen LogP contribution in [-0.2, 0) is 14.6 Å². The number of amides is 1. The number of carbonyl (C=O) groups excluding carboxylic acids is 1. The first-order chi connectivity index (χ1) is 14.3. The number of aryl methyl sites for hydroxylation is 2. The van der Waals surface area contributed by atoms with E-state index in [9.17, 15) is 13.2 Å². The van der Waals surface area contributed by atoms with Crippen molar-refractivity contribution >= 4 is 21.4 Å². The van der Waals surface area contributed by atoms with Gasteiger partial charge in [0.1, 0.15) is 0 Å². The monoisotopic (exact) mass is 428 g/mol. The Labute approximate surface area is 173 Å². The van der Waals surface area contributed by atoms with Gasteiger partial charge in [0.2, 0.25) is 12.7 Å². The van der Waals surface area contributed by atoms with E-state index in [2.05, 4.69) is 10.5 Å². The minimum absolute atomic E-state index is 0.136. The quantitative estimate of drug-likeness (QED) is 0.640. The minimum Gasteiger partial charge on any atom is -0.454 e. The second-order valence-corrected chi connectivity index (χ2v) is 9.08. The first-order valence-corrected chi connectivity index (χ1v) is 10.9. The molecule has 30 heavy (non-hydrogen) atoms. The van der Waals surface area contributed by atoms with Gasteiger partial charge in [-0.15, -0.1) is 0 Å². The molecule has 1 N–H and O–H groups in total. The van der Waals surface area contributed by atoms with E-state index in [-0.39, 0.29) is 23.9 Å². The number of nitrogens with zero attached hydrogens (tertiary/aromatic N) is 1. The third-order valence-electron chi connectivity index (χ3n) is 4.69. The van der Waals surface area contributed by atoms with Gasteiger partial charge in [-0.2, -0.15) is 0 Å². The maximum absolute atomic E-state index is 12.9. The zero-order valence-electron chi connectivity index (χ0n) is 16.5. The second-order valence-electron chi connectivity index (χ2n) is 7.00. The van der Waals surface area contributed by atoms with E-state index in [0.29, 0.717) is 39.8 Å². The Morgan fingerprint density at radius 3 is 2.63 bits per heavy atom. The number of rotatable bonds is 6. The van der Waals surface area contributed by atoms with Crippen LogP contribution >= 0.6 is 0 Å². The molecule has 0 fully saturated rings. The molecule has 0 unspecified atom stereocenters. The van der Waals surface area contributed by atoms with Crippen molar-refractivity contribution in [1.82, 2.24) is 5.16 Å². The van der Waals surface area contributed by atoms with Gasteiger partial charge >= 0.3 is 0 Å². The third kappa shape index (κ3) is 4.16. The highest BCUT2D eigenvalue weighted by atomic mass is 32.2. The van der Waals surface area contributed by atoms with Crippen molar-refractivity contribution in [2.45, 2.75) is 25.2 Å². The fraction of sp³-hybridized carbons (Fsp3) is 0.238. The van der Waals surface area contributed by atoms with E-state index in [1.165, 1.54) is 0 Å². The standard InChI is InChI=1S/C21H20N2O6S/c1-13-3-4-15(18-9-14(2)23-29-18)10-20(13)30(25,26)8-7-21(24)22-16-5-6-17-19(11-16)28-12-27-17/h3-6,9-11H,7-8,12H2,1-2H3,(H,22,24). The number of sulfone groups is 1. The fourth-order valence-corrected chi connectivity index (χ4v) is 4.66. The van der Waals surface area contributed by atoms with Crippen LogP contribution in [0.15, 0.2) is 51.9 Å². The smallest absolute Gasteiger partial charge is 0.231 e. The van der Waals surface area contributed by atoms with E-state index in [0.717, 1.165) is 0 Å². The van der Waals surface area contributed by atoms with Crippen LogP contribution in [0.2, 0.25) is 0 Å². The number of anilines is 1. The fourth-order valence-electron chi connectivity index (χ4n) is 3.12. The Morgan fingerprint density at radius 1 is 1.07 bits per heavy atom. The largest absolute Gasteiger partial charge is 0.454 e. The van der Waals surface area contributed by atoms with Crippen molar-refractivity contribution in [2.24, 2.45) is 0 Å². The molecule has 2 aromatic carbocycles. The summed E-state index contributed by atoms with van der Waals surface area (Å²) in [7, 11) is -3.68. The molecular weight excluding hydrogens is 408 g/mol. The number of aromatic nitrogens is 1. The van der Waals surface area contributed by atoms with E-state index < -0.39 is 15.7 Å². The summed E-state index contributed by atoms with van der Waals surface area (Å²) in [5, 5.41) is 6.52. The minimum atomic E-state index is -3.68. The molecule has 1 aliphatic heterocycles. The highest BCUT2D eigenvalue weighted by molar-refractivity contribution is 7.91. The Kier molecular flexibility index (Phi) is 5.21. The van der Waals surface area contributed by atoms with Crippen molar-refractivity contribution in [2.75, 3.05) is 17.9 Å². The molecule has 1 aromatic heterocycles. The summed E-state index contributed by atoms with van der Waals surface area (Å²) in [6.07, 6.45) is -0.179. The van der Waals surface area contributed by atoms with Gasteiger partial charge < -0.3 is 19.3 Å². The number of carbonyl (C=O) groups is 1. The van der Waals surface area contributed by atoms with Gasteiger partial charge in [-0.05, 0) is 37.6 Å². The molecule has 1 aliphatic rings. The number of benzene rings is 2. The molecule has 0 radical (unpaired) electrons. The lowest BCUT2D eigenvalue weighted by Gasteiger charge is -2.10. The van der Waals surface area contributed by atoms with Crippen molar-refractivity contribution in [1.29, 1.82) is 0 Å². The summed E-state index contributed by atoms with van der Waals surface area (Å²) in [4.78, 5) is 12.5. The van der Waals surface area contributed by atoms with Gasteiger partial charge in [0.15, 0.2) is 27.1 Å². The molecule has 0 atom stereocenters. The van der Waals surface area contributed by atoms with Crippen molar-refractivity contribution in [3.05, 3.63) is 53.7 Å². The van der Waals surface area contributed by atoms with Gasteiger partial charge in [0, 0.05) is 29.8 Å². The van der Waals surface area contributed by atoms with Crippen LogP contribution in [0.1, 0.15) is 17.7 Å². The average molecular weight is 428 g/mol. The van der Waals surface area contributed by atoms with E-state index in [4.69, 9.17) is 14.0 Å². The number of hydrogen-bond acceptors (Lipinski definition) is 7. The molecule has 0 saturated carbocycles. The Bertz CT molecular complexity index is 1220.